The number of pyridine rings is 1. The summed E-state index contributed by atoms with van der Waals surface area (Å²) in [6, 6.07) is 1.95. The highest BCUT2D eigenvalue weighted by Gasteiger charge is 2.17. The van der Waals surface area contributed by atoms with E-state index in [9.17, 15) is 4.79 Å². The summed E-state index contributed by atoms with van der Waals surface area (Å²) in [6.07, 6.45) is 8.94. The highest BCUT2D eigenvalue weighted by molar-refractivity contribution is 5.98. The number of anilines is 1. The molecule has 1 aliphatic rings. The van der Waals surface area contributed by atoms with Gasteiger partial charge in [-0.05, 0) is 18.9 Å². The molecule has 4 nitrogen and oxygen atoms in total. The fraction of sp³-hybridized carbons (Fsp3) is 0.500. The first-order valence-corrected chi connectivity index (χ1v) is 5.78. The van der Waals surface area contributed by atoms with Gasteiger partial charge in [0.1, 0.15) is 0 Å². The van der Waals surface area contributed by atoms with Crippen LogP contribution in [-0.2, 0) is 0 Å². The van der Waals surface area contributed by atoms with Gasteiger partial charge in [0.2, 0.25) is 0 Å². The van der Waals surface area contributed by atoms with Crippen LogP contribution >= 0.6 is 12.4 Å². The van der Waals surface area contributed by atoms with Crippen LogP contribution in [0.2, 0.25) is 0 Å². The summed E-state index contributed by atoms with van der Waals surface area (Å²) < 4.78 is 0. The molecule has 1 aliphatic carbocycles. The molecule has 1 aromatic rings. The zero-order valence-corrected chi connectivity index (χ0v) is 10.5. The van der Waals surface area contributed by atoms with Crippen LogP contribution < -0.4 is 11.1 Å². The third kappa shape index (κ3) is 3.60. The first-order chi connectivity index (χ1) is 7.77. The van der Waals surface area contributed by atoms with E-state index in [1.807, 2.05) is 0 Å². The number of carbonyl (C=O) groups excluding carboxylic acids is 1. The molecule has 5 heteroatoms. The van der Waals surface area contributed by atoms with Crippen molar-refractivity contribution < 1.29 is 4.79 Å². The number of hydrogen-bond donors (Lipinski definition) is 2. The first-order valence-electron chi connectivity index (χ1n) is 5.78. The molecule has 0 saturated heterocycles. The molecule has 17 heavy (non-hydrogen) atoms. The van der Waals surface area contributed by atoms with Crippen molar-refractivity contribution in [3.8, 4) is 0 Å². The van der Waals surface area contributed by atoms with E-state index in [0.717, 1.165) is 12.8 Å². The van der Waals surface area contributed by atoms with Crippen LogP contribution in [0.25, 0.3) is 0 Å². The minimum atomic E-state index is -0.0995. The highest BCUT2D eigenvalue weighted by atomic mass is 35.5. The maximum absolute atomic E-state index is 11.9. The summed E-state index contributed by atoms with van der Waals surface area (Å²) >= 11 is 0. The monoisotopic (exact) mass is 255 g/mol. The molecule has 94 valence electrons. The quantitative estimate of drug-likeness (QED) is 0.851. The van der Waals surface area contributed by atoms with Gasteiger partial charge < -0.3 is 11.1 Å². The summed E-state index contributed by atoms with van der Waals surface area (Å²) in [5.41, 5.74) is 6.69. The van der Waals surface area contributed by atoms with Crippen LogP contribution in [0.1, 0.15) is 42.5 Å². The minimum absolute atomic E-state index is 0. The zero-order valence-electron chi connectivity index (χ0n) is 9.69. The molecule has 0 aromatic carbocycles. The predicted octanol–water partition coefficient (Wildman–Crippen LogP) is 2.15. The molecule has 0 unspecified atom stereocenters. The van der Waals surface area contributed by atoms with Crippen molar-refractivity contribution >= 4 is 24.0 Å². The van der Waals surface area contributed by atoms with Crippen molar-refractivity contribution in [2.75, 3.05) is 5.73 Å². The summed E-state index contributed by atoms with van der Waals surface area (Å²) in [4.78, 5) is 15.8. The van der Waals surface area contributed by atoms with E-state index in [1.54, 1.807) is 12.3 Å². The lowest BCUT2D eigenvalue weighted by atomic mass is 9.95. The van der Waals surface area contributed by atoms with Crippen molar-refractivity contribution in [3.05, 3.63) is 24.0 Å². The van der Waals surface area contributed by atoms with E-state index in [2.05, 4.69) is 10.3 Å². The SMILES string of the molecule is Cl.Nc1ccncc1C(=O)NC1CCCCC1. The smallest absolute Gasteiger partial charge is 0.255 e. The zero-order chi connectivity index (χ0) is 11.4. The second-order valence-corrected chi connectivity index (χ2v) is 4.27. The molecule has 0 atom stereocenters. The van der Waals surface area contributed by atoms with E-state index < -0.39 is 0 Å². The Hall–Kier alpha value is -1.29. The predicted molar refractivity (Wildman–Crippen MR) is 70.2 cm³/mol. The fourth-order valence-corrected chi connectivity index (χ4v) is 2.11. The van der Waals surface area contributed by atoms with Gasteiger partial charge in [-0.1, -0.05) is 19.3 Å². The lowest BCUT2D eigenvalue weighted by Gasteiger charge is -2.22. The highest BCUT2D eigenvalue weighted by Crippen LogP contribution is 2.18. The summed E-state index contributed by atoms with van der Waals surface area (Å²) in [5.74, 6) is -0.0995. The van der Waals surface area contributed by atoms with Crippen molar-refractivity contribution in [1.29, 1.82) is 0 Å². The lowest BCUT2D eigenvalue weighted by molar-refractivity contribution is 0.0928. The molecule has 2 rings (SSSR count). The lowest BCUT2D eigenvalue weighted by Crippen LogP contribution is -2.36. The minimum Gasteiger partial charge on any atom is -0.398 e. The molecule has 1 heterocycles. The number of amides is 1. The van der Waals surface area contributed by atoms with Crippen LogP contribution in [0.3, 0.4) is 0 Å². The summed E-state index contributed by atoms with van der Waals surface area (Å²) in [5, 5.41) is 3.02. The Bertz CT molecular complexity index is 378. The number of nitrogens with one attached hydrogen (secondary N) is 1. The van der Waals surface area contributed by atoms with Gasteiger partial charge in [0.05, 0.1) is 5.56 Å². The van der Waals surface area contributed by atoms with Crippen LogP contribution in [-0.4, -0.2) is 16.9 Å². The van der Waals surface area contributed by atoms with Gasteiger partial charge in [0.25, 0.3) is 5.91 Å². The Morgan fingerprint density at radius 1 is 1.35 bits per heavy atom. The molecule has 1 amide bonds. The van der Waals surface area contributed by atoms with Gasteiger partial charge >= 0.3 is 0 Å². The summed E-state index contributed by atoms with van der Waals surface area (Å²) in [7, 11) is 0. The van der Waals surface area contributed by atoms with Gasteiger partial charge in [0.15, 0.2) is 0 Å². The number of rotatable bonds is 2. The normalized spacial score (nSPS) is 16.0. The molecule has 0 radical (unpaired) electrons. The molecule has 0 spiro atoms. The molecule has 0 aliphatic heterocycles. The van der Waals surface area contributed by atoms with Gasteiger partial charge in [-0.3, -0.25) is 9.78 Å². The van der Waals surface area contributed by atoms with E-state index in [0.29, 0.717) is 17.3 Å². The molecule has 3 N–H and O–H groups in total. The number of nitrogen functional groups attached to an aromatic ring is 1. The topological polar surface area (TPSA) is 68.0 Å². The van der Waals surface area contributed by atoms with Crippen LogP contribution in [0.5, 0.6) is 0 Å². The standard InChI is InChI=1S/C12H17N3O.ClH/c13-11-6-7-14-8-10(11)12(16)15-9-4-2-1-3-5-9;/h6-9H,1-5H2,(H2,13,14)(H,15,16);1H. The van der Waals surface area contributed by atoms with Gasteiger partial charge in [-0.15, -0.1) is 12.4 Å². The average Bonchev–Trinajstić information content (AvgIpc) is 2.31. The first kappa shape index (κ1) is 13.8. The molecular weight excluding hydrogens is 238 g/mol. The molecule has 1 fully saturated rings. The van der Waals surface area contributed by atoms with Crippen molar-refractivity contribution in [2.24, 2.45) is 0 Å². The van der Waals surface area contributed by atoms with E-state index >= 15 is 0 Å². The Balaban J connectivity index is 0.00000144. The molecule has 0 bridgehead atoms. The van der Waals surface area contributed by atoms with E-state index in [-0.39, 0.29) is 18.3 Å². The molecule has 1 aromatic heterocycles. The third-order valence-electron chi connectivity index (χ3n) is 3.04. The van der Waals surface area contributed by atoms with Gasteiger partial charge in [0, 0.05) is 24.1 Å². The number of halogens is 1. The Morgan fingerprint density at radius 3 is 2.71 bits per heavy atom. The Labute approximate surface area is 107 Å². The van der Waals surface area contributed by atoms with Gasteiger partial charge in [-0.25, -0.2) is 0 Å². The van der Waals surface area contributed by atoms with Crippen molar-refractivity contribution in [1.82, 2.24) is 10.3 Å². The number of aromatic nitrogens is 1. The second kappa shape index (κ2) is 6.45. The summed E-state index contributed by atoms with van der Waals surface area (Å²) in [6.45, 7) is 0. The maximum atomic E-state index is 11.9. The Kier molecular flexibility index (Phi) is 5.22. The second-order valence-electron chi connectivity index (χ2n) is 4.27. The maximum Gasteiger partial charge on any atom is 0.255 e. The van der Waals surface area contributed by atoms with Crippen LogP contribution in [0, 0.1) is 0 Å². The fourth-order valence-electron chi connectivity index (χ4n) is 2.11. The average molecular weight is 256 g/mol. The molecule has 1 saturated carbocycles. The number of nitrogens with zero attached hydrogens (tertiary/aromatic N) is 1. The van der Waals surface area contributed by atoms with Crippen molar-refractivity contribution in [2.45, 2.75) is 38.1 Å². The van der Waals surface area contributed by atoms with E-state index in [1.165, 1.54) is 25.5 Å². The largest absolute Gasteiger partial charge is 0.398 e. The molecular formula is C12H18ClN3O. The van der Waals surface area contributed by atoms with Crippen molar-refractivity contribution in [3.63, 3.8) is 0 Å². The third-order valence-corrected chi connectivity index (χ3v) is 3.04. The van der Waals surface area contributed by atoms with Crippen LogP contribution in [0.15, 0.2) is 18.5 Å². The van der Waals surface area contributed by atoms with Crippen LogP contribution in [0.4, 0.5) is 5.69 Å². The van der Waals surface area contributed by atoms with Gasteiger partial charge in [-0.2, -0.15) is 0 Å². The number of nitrogens with two attached hydrogens (primary N) is 1. The number of hydrogen-bond acceptors (Lipinski definition) is 3. The van der Waals surface area contributed by atoms with E-state index in [4.69, 9.17) is 5.73 Å². The Morgan fingerprint density at radius 2 is 2.06 bits per heavy atom. The number of carbonyl (C=O) groups is 1.